The first kappa shape index (κ1) is 13.1. The molecule has 5 nitrogen and oxygen atoms in total. The molecule has 0 aliphatic carbocycles. The van der Waals surface area contributed by atoms with Crippen molar-refractivity contribution in [3.63, 3.8) is 0 Å². The number of hydrogen-bond donors (Lipinski definition) is 2. The first-order valence-electron chi connectivity index (χ1n) is 5.35. The van der Waals surface area contributed by atoms with Gasteiger partial charge < -0.3 is 14.6 Å². The van der Waals surface area contributed by atoms with Gasteiger partial charge >= 0.3 is 0 Å². The fourth-order valence-corrected chi connectivity index (χ4v) is 2.17. The van der Waals surface area contributed by atoms with Crippen LogP contribution in [0.2, 0.25) is 0 Å². The lowest BCUT2D eigenvalue weighted by Crippen LogP contribution is -2.47. The molecule has 1 rings (SSSR count). The minimum atomic E-state index is -1.65. The smallest absolute Gasteiger partial charge is 0.152 e. The molecule has 1 heterocycles. The van der Waals surface area contributed by atoms with Gasteiger partial charge in [0.1, 0.15) is 0 Å². The molecular formula is C9H20N2O3S. The van der Waals surface area contributed by atoms with Crippen LogP contribution in [0.4, 0.5) is 0 Å². The molecule has 0 spiro atoms. The molecule has 0 amide bonds. The Hall–Kier alpha value is -0.0100. The SMILES string of the molecule is O=S(O)CCCN1CCN(CCO)CC1. The second kappa shape index (κ2) is 7.29. The molecule has 1 aliphatic heterocycles. The van der Waals surface area contributed by atoms with Gasteiger partial charge in [0, 0.05) is 32.7 Å². The van der Waals surface area contributed by atoms with E-state index in [4.69, 9.17) is 9.66 Å². The molecule has 1 unspecified atom stereocenters. The molecule has 0 radical (unpaired) electrons. The Morgan fingerprint density at radius 2 is 1.60 bits per heavy atom. The fraction of sp³-hybridized carbons (Fsp3) is 1.00. The molecule has 2 N–H and O–H groups in total. The maximum Gasteiger partial charge on any atom is 0.152 e. The lowest BCUT2D eigenvalue weighted by Gasteiger charge is -2.34. The van der Waals surface area contributed by atoms with Crippen LogP contribution in [0.3, 0.4) is 0 Å². The van der Waals surface area contributed by atoms with Gasteiger partial charge in [-0.05, 0) is 13.0 Å². The predicted octanol–water partition coefficient (Wildman–Crippen LogP) is -0.792. The van der Waals surface area contributed by atoms with Gasteiger partial charge in [0.2, 0.25) is 0 Å². The average molecular weight is 236 g/mol. The van der Waals surface area contributed by atoms with Crippen molar-refractivity contribution in [2.24, 2.45) is 0 Å². The van der Waals surface area contributed by atoms with Crippen molar-refractivity contribution in [2.75, 3.05) is 51.6 Å². The summed E-state index contributed by atoms with van der Waals surface area (Å²) < 4.78 is 19.0. The van der Waals surface area contributed by atoms with Crippen molar-refractivity contribution in [1.82, 2.24) is 9.80 Å². The normalized spacial score (nSPS) is 21.7. The van der Waals surface area contributed by atoms with E-state index < -0.39 is 11.1 Å². The van der Waals surface area contributed by atoms with Crippen molar-refractivity contribution in [1.29, 1.82) is 0 Å². The van der Waals surface area contributed by atoms with Gasteiger partial charge in [-0.15, -0.1) is 0 Å². The summed E-state index contributed by atoms with van der Waals surface area (Å²) in [5.74, 6) is 0.372. The van der Waals surface area contributed by atoms with Crippen LogP contribution in [0, 0.1) is 0 Å². The fourth-order valence-electron chi connectivity index (χ4n) is 1.79. The van der Waals surface area contributed by atoms with Gasteiger partial charge in [0.05, 0.1) is 12.4 Å². The van der Waals surface area contributed by atoms with Crippen molar-refractivity contribution in [2.45, 2.75) is 6.42 Å². The molecule has 1 atom stereocenters. The number of aliphatic hydroxyl groups excluding tert-OH is 1. The Bertz CT molecular complexity index is 196. The highest BCUT2D eigenvalue weighted by molar-refractivity contribution is 7.79. The highest BCUT2D eigenvalue weighted by Gasteiger charge is 2.15. The topological polar surface area (TPSA) is 64.0 Å². The molecule has 0 aromatic heterocycles. The van der Waals surface area contributed by atoms with Crippen LogP contribution in [0.1, 0.15) is 6.42 Å². The quantitative estimate of drug-likeness (QED) is 0.592. The molecule has 1 saturated heterocycles. The second-order valence-electron chi connectivity index (χ2n) is 3.79. The van der Waals surface area contributed by atoms with Gasteiger partial charge in [-0.3, -0.25) is 4.90 Å². The monoisotopic (exact) mass is 236 g/mol. The largest absolute Gasteiger partial charge is 0.395 e. The van der Waals surface area contributed by atoms with Crippen LogP contribution < -0.4 is 0 Å². The van der Waals surface area contributed by atoms with Crippen molar-refractivity contribution in [3.8, 4) is 0 Å². The molecule has 0 bridgehead atoms. The number of aliphatic hydroxyl groups is 1. The van der Waals surface area contributed by atoms with E-state index in [-0.39, 0.29) is 6.61 Å². The maximum absolute atomic E-state index is 10.4. The number of nitrogens with zero attached hydrogens (tertiary/aromatic N) is 2. The summed E-state index contributed by atoms with van der Waals surface area (Å²) >= 11 is -1.65. The standard InChI is InChI=1S/C9H20N2O3S/c12-8-7-11-5-3-10(4-6-11)2-1-9-15(13)14/h12H,1-9H2,(H,13,14). The second-order valence-corrected chi connectivity index (χ2v) is 4.84. The summed E-state index contributed by atoms with van der Waals surface area (Å²) in [4.78, 5) is 4.54. The zero-order chi connectivity index (χ0) is 11.1. The summed E-state index contributed by atoms with van der Waals surface area (Å²) in [6, 6.07) is 0. The van der Waals surface area contributed by atoms with Crippen molar-refractivity contribution >= 4 is 11.1 Å². The maximum atomic E-state index is 10.4. The first-order chi connectivity index (χ1) is 7.22. The predicted molar refractivity (Wildman–Crippen MR) is 60.2 cm³/mol. The van der Waals surface area contributed by atoms with Crippen LogP contribution in [-0.2, 0) is 11.1 Å². The van der Waals surface area contributed by atoms with Crippen molar-refractivity contribution < 1.29 is 13.9 Å². The minimum absolute atomic E-state index is 0.226. The van der Waals surface area contributed by atoms with E-state index in [2.05, 4.69) is 9.80 Å². The molecular weight excluding hydrogens is 216 g/mol. The third-order valence-electron chi connectivity index (χ3n) is 2.67. The Morgan fingerprint density at radius 1 is 1.07 bits per heavy atom. The van der Waals surface area contributed by atoms with Crippen LogP contribution in [-0.4, -0.2) is 75.3 Å². The number of β-amino-alcohol motifs (C(OH)–C–C–N with tert-alkyl or cyclic N) is 1. The number of piperazine rings is 1. The van der Waals surface area contributed by atoms with E-state index in [0.717, 1.165) is 45.7 Å². The third-order valence-corrected chi connectivity index (χ3v) is 3.31. The molecule has 0 aromatic rings. The Balaban J connectivity index is 2.06. The third kappa shape index (κ3) is 5.58. The Morgan fingerprint density at radius 3 is 2.07 bits per heavy atom. The molecule has 1 fully saturated rings. The van der Waals surface area contributed by atoms with Gasteiger partial charge in [-0.1, -0.05) is 0 Å². The summed E-state index contributed by atoms with van der Waals surface area (Å²) in [6.07, 6.45) is 0.781. The lowest BCUT2D eigenvalue weighted by atomic mass is 10.3. The molecule has 0 saturated carbocycles. The molecule has 6 heteroatoms. The van der Waals surface area contributed by atoms with Crippen LogP contribution in [0.5, 0.6) is 0 Å². The Labute approximate surface area is 93.3 Å². The summed E-state index contributed by atoms with van der Waals surface area (Å²) in [5, 5.41) is 8.77. The van der Waals surface area contributed by atoms with Crippen LogP contribution in [0.25, 0.3) is 0 Å². The van der Waals surface area contributed by atoms with E-state index in [9.17, 15) is 4.21 Å². The van der Waals surface area contributed by atoms with Crippen LogP contribution >= 0.6 is 0 Å². The zero-order valence-electron chi connectivity index (χ0n) is 8.97. The van der Waals surface area contributed by atoms with Gasteiger partial charge in [0.15, 0.2) is 11.1 Å². The zero-order valence-corrected chi connectivity index (χ0v) is 9.79. The molecule has 0 aromatic carbocycles. The van der Waals surface area contributed by atoms with E-state index in [1.807, 2.05) is 0 Å². The lowest BCUT2D eigenvalue weighted by molar-refractivity contribution is 0.113. The minimum Gasteiger partial charge on any atom is -0.395 e. The van der Waals surface area contributed by atoms with Gasteiger partial charge in [-0.25, -0.2) is 4.21 Å². The molecule has 1 aliphatic rings. The van der Waals surface area contributed by atoms with E-state index in [0.29, 0.717) is 5.75 Å². The van der Waals surface area contributed by atoms with Crippen molar-refractivity contribution in [3.05, 3.63) is 0 Å². The Kier molecular flexibility index (Phi) is 6.35. The highest BCUT2D eigenvalue weighted by Crippen LogP contribution is 2.02. The summed E-state index contributed by atoms with van der Waals surface area (Å²) in [7, 11) is 0. The summed E-state index contributed by atoms with van der Waals surface area (Å²) in [5.41, 5.74) is 0. The van der Waals surface area contributed by atoms with Crippen LogP contribution in [0.15, 0.2) is 0 Å². The molecule has 15 heavy (non-hydrogen) atoms. The molecule has 90 valence electrons. The average Bonchev–Trinajstić information content (AvgIpc) is 2.20. The summed E-state index contributed by atoms with van der Waals surface area (Å²) in [6.45, 7) is 5.86. The van der Waals surface area contributed by atoms with E-state index >= 15 is 0 Å². The van der Waals surface area contributed by atoms with E-state index in [1.54, 1.807) is 0 Å². The van der Waals surface area contributed by atoms with E-state index in [1.165, 1.54) is 0 Å². The number of rotatable bonds is 6. The number of hydrogen-bond acceptors (Lipinski definition) is 4. The highest BCUT2D eigenvalue weighted by atomic mass is 32.2. The first-order valence-corrected chi connectivity index (χ1v) is 6.63. The van der Waals surface area contributed by atoms with Gasteiger partial charge in [0.25, 0.3) is 0 Å². The van der Waals surface area contributed by atoms with Gasteiger partial charge in [-0.2, -0.15) is 0 Å².